The molecule has 0 amide bonds. The average molecular weight is 1130 g/mol. The van der Waals surface area contributed by atoms with Gasteiger partial charge in [-0.1, -0.05) is 257 Å². The highest BCUT2D eigenvalue weighted by molar-refractivity contribution is 6.17. The molecular formula is C87H60N2. The maximum Gasteiger partial charge on any atom is 0.0541 e. The zero-order chi connectivity index (χ0) is 59.2. The Hall–Kier alpha value is -11.3. The minimum atomic E-state index is -0.163. The summed E-state index contributed by atoms with van der Waals surface area (Å²) in [5, 5.41) is 9.89. The Morgan fingerprint density at radius 2 is 0.697 bits per heavy atom. The van der Waals surface area contributed by atoms with Gasteiger partial charge in [-0.15, -0.1) is 0 Å². The van der Waals surface area contributed by atoms with Crippen molar-refractivity contribution in [2.45, 2.75) is 19.3 Å². The van der Waals surface area contributed by atoms with Gasteiger partial charge in [0, 0.05) is 38.9 Å². The van der Waals surface area contributed by atoms with Gasteiger partial charge >= 0.3 is 0 Å². The lowest BCUT2D eigenvalue weighted by Gasteiger charge is -2.28. The predicted octanol–water partition coefficient (Wildman–Crippen LogP) is 24.0. The lowest BCUT2D eigenvalue weighted by Crippen LogP contribution is -2.16. The second-order valence-electron chi connectivity index (χ2n) is 24.4. The minimum Gasteiger partial charge on any atom is -0.310 e. The maximum atomic E-state index is 2.44. The molecule has 2 heteroatoms. The third kappa shape index (κ3) is 8.70. The second kappa shape index (κ2) is 21.0. The monoisotopic (exact) mass is 1130 g/mol. The highest BCUT2D eigenvalue weighted by Gasteiger charge is 2.36. The van der Waals surface area contributed by atoms with E-state index in [9.17, 15) is 0 Å². The molecule has 0 fully saturated rings. The van der Waals surface area contributed by atoms with Gasteiger partial charge in [-0.25, -0.2) is 0 Å². The van der Waals surface area contributed by atoms with Crippen molar-refractivity contribution in [3.05, 3.63) is 339 Å². The summed E-state index contributed by atoms with van der Waals surface area (Å²) in [5.74, 6) is 0. The average Bonchev–Trinajstić information content (AvgIpc) is 1.80. The fourth-order valence-corrected chi connectivity index (χ4v) is 14.7. The molecule has 16 aromatic rings. The van der Waals surface area contributed by atoms with E-state index in [1.165, 1.54) is 132 Å². The molecule has 0 N–H and O–H groups in total. The van der Waals surface area contributed by atoms with Crippen LogP contribution in [0.5, 0.6) is 0 Å². The molecule has 15 aromatic carbocycles. The number of anilines is 3. The Morgan fingerprint density at radius 3 is 1.39 bits per heavy atom. The van der Waals surface area contributed by atoms with E-state index < -0.39 is 0 Å². The van der Waals surface area contributed by atoms with Gasteiger partial charge in [-0.05, 0) is 206 Å². The van der Waals surface area contributed by atoms with E-state index in [1.807, 2.05) is 0 Å². The van der Waals surface area contributed by atoms with Crippen LogP contribution in [0.15, 0.2) is 328 Å². The first kappa shape index (κ1) is 52.0. The molecule has 2 nitrogen and oxygen atoms in total. The van der Waals surface area contributed by atoms with E-state index in [0.29, 0.717) is 0 Å². The van der Waals surface area contributed by atoms with Crippen molar-refractivity contribution in [2.24, 2.45) is 0 Å². The summed E-state index contributed by atoms with van der Waals surface area (Å²) >= 11 is 0. The molecule has 0 unspecified atom stereocenters. The first-order chi connectivity index (χ1) is 43.9. The van der Waals surface area contributed by atoms with Crippen molar-refractivity contribution in [3.63, 3.8) is 0 Å². The topological polar surface area (TPSA) is 8.17 Å². The van der Waals surface area contributed by atoms with E-state index in [1.54, 1.807) is 0 Å². The predicted molar refractivity (Wildman–Crippen MR) is 378 cm³/mol. The van der Waals surface area contributed by atoms with E-state index in [-0.39, 0.29) is 5.41 Å². The first-order valence-corrected chi connectivity index (χ1v) is 31.0. The van der Waals surface area contributed by atoms with Crippen LogP contribution in [0.25, 0.3) is 138 Å². The lowest BCUT2D eigenvalue weighted by atomic mass is 9.82. The van der Waals surface area contributed by atoms with Crippen LogP contribution in [0, 0.1) is 0 Å². The van der Waals surface area contributed by atoms with E-state index in [0.717, 1.165) is 33.9 Å². The molecular weight excluding hydrogens is 1070 g/mol. The molecule has 89 heavy (non-hydrogen) atoms. The minimum absolute atomic E-state index is 0.163. The van der Waals surface area contributed by atoms with Crippen LogP contribution in [0.2, 0.25) is 0 Å². The van der Waals surface area contributed by atoms with Gasteiger partial charge in [0.1, 0.15) is 0 Å². The number of rotatable bonds is 10. The highest BCUT2D eigenvalue weighted by atomic mass is 15.1. The van der Waals surface area contributed by atoms with Crippen LogP contribution in [0.1, 0.15) is 25.0 Å². The molecule has 1 aliphatic rings. The summed E-state index contributed by atoms with van der Waals surface area (Å²) in [6.07, 6.45) is 0. The molecule has 0 bridgehead atoms. The van der Waals surface area contributed by atoms with E-state index in [4.69, 9.17) is 0 Å². The number of benzene rings is 15. The smallest absolute Gasteiger partial charge is 0.0541 e. The molecule has 0 aliphatic heterocycles. The summed E-state index contributed by atoms with van der Waals surface area (Å²) in [6.45, 7) is 4.74. The summed E-state index contributed by atoms with van der Waals surface area (Å²) in [4.78, 5) is 2.44. The first-order valence-electron chi connectivity index (χ1n) is 31.0. The second-order valence-corrected chi connectivity index (χ2v) is 24.4. The molecule has 0 radical (unpaired) electrons. The fraction of sp³-hybridized carbons (Fsp3) is 0.0345. The third-order valence-electron chi connectivity index (χ3n) is 19.0. The van der Waals surface area contributed by atoms with E-state index in [2.05, 4.69) is 351 Å². The van der Waals surface area contributed by atoms with Crippen molar-refractivity contribution in [3.8, 4) is 83.6 Å². The van der Waals surface area contributed by atoms with Crippen molar-refractivity contribution in [2.75, 3.05) is 4.90 Å². The molecule has 0 atom stereocenters. The number of para-hydroxylation sites is 2. The van der Waals surface area contributed by atoms with Gasteiger partial charge in [0.15, 0.2) is 0 Å². The third-order valence-corrected chi connectivity index (χ3v) is 19.0. The Labute approximate surface area is 519 Å². The number of hydrogen-bond acceptors (Lipinski definition) is 1. The van der Waals surface area contributed by atoms with Crippen LogP contribution >= 0.6 is 0 Å². The van der Waals surface area contributed by atoms with Crippen LogP contribution in [0.3, 0.4) is 0 Å². The fourth-order valence-electron chi connectivity index (χ4n) is 14.7. The summed E-state index contributed by atoms with van der Waals surface area (Å²) in [6, 6.07) is 122. The van der Waals surface area contributed by atoms with Gasteiger partial charge in [0.05, 0.1) is 11.0 Å². The van der Waals surface area contributed by atoms with Crippen molar-refractivity contribution < 1.29 is 0 Å². The highest BCUT2D eigenvalue weighted by Crippen LogP contribution is 2.52. The lowest BCUT2D eigenvalue weighted by molar-refractivity contribution is 0.660. The quantitative estimate of drug-likeness (QED) is 0.132. The van der Waals surface area contributed by atoms with Crippen LogP contribution in [-0.2, 0) is 5.41 Å². The van der Waals surface area contributed by atoms with Crippen molar-refractivity contribution in [1.82, 2.24) is 4.57 Å². The normalized spacial score (nSPS) is 12.5. The zero-order valence-electron chi connectivity index (χ0n) is 49.6. The standard InChI is InChI=1S/C87H60N2/c1-87(2)82-36-15-13-30-75(82)76-48-47-69(56-83(76)87)88(67-43-38-58(39-44-67)62-42-51-85-81(55-62)77-31-14-16-37-84(77)89(85)66-26-7-4-8-27-66)68-45-40-59(41-46-68)64-52-63(57-20-5-3-6-21-57)53-65(54-64)72-49-50-80(74-33-18-25-61-23-10-12-29-71(61)74)86-78(72)34-19-35-79(86)73-32-17-24-60-22-9-11-28-70(60)73/h3-56H,1-2H3. The summed E-state index contributed by atoms with van der Waals surface area (Å²) in [5.41, 5.74) is 26.3. The summed E-state index contributed by atoms with van der Waals surface area (Å²) in [7, 11) is 0. The van der Waals surface area contributed by atoms with Gasteiger partial charge in [0.2, 0.25) is 0 Å². The van der Waals surface area contributed by atoms with Crippen LogP contribution < -0.4 is 4.90 Å². The SMILES string of the molecule is CC1(C)c2ccccc2-c2ccc(N(c3ccc(-c4cc(-c5ccccc5)cc(-c5ccc(-c6cccc7ccccc67)c6c(-c7cccc8ccccc78)cccc56)c4)cc3)c3ccc(-c4ccc5c(c4)c4ccccc4n5-c4ccccc4)cc3)cc21. The molecule has 17 rings (SSSR count). The van der Waals surface area contributed by atoms with Gasteiger partial charge in [-0.2, -0.15) is 0 Å². The Bertz CT molecular complexity index is 5340. The maximum absolute atomic E-state index is 2.44. The Morgan fingerprint density at radius 1 is 0.247 bits per heavy atom. The zero-order valence-corrected chi connectivity index (χ0v) is 49.6. The van der Waals surface area contributed by atoms with E-state index >= 15 is 0 Å². The molecule has 1 heterocycles. The van der Waals surface area contributed by atoms with Gasteiger partial charge in [0.25, 0.3) is 0 Å². The largest absolute Gasteiger partial charge is 0.310 e. The van der Waals surface area contributed by atoms with Crippen LogP contribution in [0.4, 0.5) is 17.1 Å². The number of hydrogen-bond donors (Lipinski definition) is 0. The molecule has 0 saturated carbocycles. The van der Waals surface area contributed by atoms with Crippen molar-refractivity contribution in [1.29, 1.82) is 0 Å². The number of nitrogens with zero attached hydrogens (tertiary/aromatic N) is 2. The van der Waals surface area contributed by atoms with Gasteiger partial charge in [-0.3, -0.25) is 0 Å². The molecule has 418 valence electrons. The van der Waals surface area contributed by atoms with Crippen LogP contribution in [-0.4, -0.2) is 4.57 Å². The molecule has 0 saturated heterocycles. The Kier molecular flexibility index (Phi) is 12.3. The van der Waals surface area contributed by atoms with Gasteiger partial charge < -0.3 is 9.47 Å². The Balaban J connectivity index is 0.801. The molecule has 0 spiro atoms. The number of fused-ring (bicyclic) bond motifs is 9. The molecule has 1 aliphatic carbocycles. The molecule has 1 aromatic heterocycles. The summed E-state index contributed by atoms with van der Waals surface area (Å²) < 4.78 is 2.38. The van der Waals surface area contributed by atoms with Crippen molar-refractivity contribution >= 4 is 71.2 Å². The number of aromatic nitrogens is 1.